The molecule has 4 nitrogen and oxygen atoms in total. The van der Waals surface area contributed by atoms with E-state index in [1.54, 1.807) is 0 Å². The fourth-order valence-corrected chi connectivity index (χ4v) is 4.89. The van der Waals surface area contributed by atoms with Crippen LogP contribution in [-0.4, -0.2) is 31.3 Å². The van der Waals surface area contributed by atoms with Crippen LogP contribution in [0.4, 0.5) is 4.79 Å². The number of nitrogens with one attached hydrogen (secondary N) is 2. The van der Waals surface area contributed by atoms with Crippen molar-refractivity contribution in [3.05, 3.63) is 108 Å². The number of alkyl carbamates (subject to hydrolysis) is 1. The maximum absolute atomic E-state index is 12.3. The Kier molecular flexibility index (Phi) is 7.23. The number of amides is 1. The second kappa shape index (κ2) is 10.5. The minimum Gasteiger partial charge on any atom is -0.445 e. The van der Waals surface area contributed by atoms with Crippen molar-refractivity contribution >= 4 is 6.09 Å². The van der Waals surface area contributed by atoms with E-state index in [4.69, 9.17) is 4.74 Å². The number of unbranched alkanes of at least 4 members (excludes halogenated alkanes) is 1. The third-order valence-electron chi connectivity index (χ3n) is 6.37. The van der Waals surface area contributed by atoms with Crippen LogP contribution in [0.2, 0.25) is 0 Å². The Balaban J connectivity index is 1.70. The molecule has 0 aromatic heterocycles. The molecule has 1 aliphatic heterocycles. The second-order valence-corrected chi connectivity index (χ2v) is 8.41. The van der Waals surface area contributed by atoms with E-state index < -0.39 is 5.41 Å². The molecule has 3 aromatic carbocycles. The average molecular weight is 429 g/mol. The van der Waals surface area contributed by atoms with Crippen molar-refractivity contribution in [3.63, 3.8) is 0 Å². The Morgan fingerprint density at radius 2 is 1.41 bits per heavy atom. The predicted octanol–water partition coefficient (Wildman–Crippen LogP) is 5.28. The summed E-state index contributed by atoms with van der Waals surface area (Å²) in [6.45, 7) is 3.40. The van der Waals surface area contributed by atoms with E-state index in [9.17, 15) is 4.79 Å². The van der Waals surface area contributed by atoms with Gasteiger partial charge < -0.3 is 15.4 Å². The molecule has 1 unspecified atom stereocenters. The fraction of sp³-hybridized carbons (Fsp3) is 0.321. The zero-order valence-corrected chi connectivity index (χ0v) is 18.7. The van der Waals surface area contributed by atoms with E-state index in [0.29, 0.717) is 13.1 Å². The fourth-order valence-electron chi connectivity index (χ4n) is 4.89. The summed E-state index contributed by atoms with van der Waals surface area (Å²) < 4.78 is 5.78. The van der Waals surface area contributed by atoms with Gasteiger partial charge in [-0.3, -0.25) is 0 Å². The number of ether oxygens (including phenoxy) is 1. The van der Waals surface area contributed by atoms with Gasteiger partial charge in [0.15, 0.2) is 0 Å². The highest BCUT2D eigenvalue weighted by atomic mass is 16.6. The molecule has 0 aliphatic carbocycles. The highest BCUT2D eigenvalue weighted by Gasteiger charge is 2.47. The van der Waals surface area contributed by atoms with Gasteiger partial charge >= 0.3 is 6.09 Å². The molecule has 4 heteroatoms. The first kappa shape index (κ1) is 22.1. The molecular formula is C28H32N2O2. The minimum atomic E-state index is -0.402. The summed E-state index contributed by atoms with van der Waals surface area (Å²) in [5.74, 6) is 0. The van der Waals surface area contributed by atoms with Gasteiger partial charge in [0.05, 0.1) is 5.41 Å². The maximum Gasteiger partial charge on any atom is 0.407 e. The van der Waals surface area contributed by atoms with Crippen molar-refractivity contribution in [2.45, 2.75) is 43.7 Å². The molecule has 2 atom stereocenters. The molecule has 0 radical (unpaired) electrons. The monoisotopic (exact) mass is 428 g/mol. The molecule has 1 fully saturated rings. The quantitative estimate of drug-likeness (QED) is 0.379. The predicted molar refractivity (Wildman–Crippen MR) is 129 cm³/mol. The third-order valence-corrected chi connectivity index (χ3v) is 6.37. The summed E-state index contributed by atoms with van der Waals surface area (Å²) in [6.07, 6.45) is 2.24. The molecule has 1 aliphatic rings. The summed E-state index contributed by atoms with van der Waals surface area (Å²) in [7, 11) is 0. The number of carbonyl (C=O) groups is 1. The zero-order valence-electron chi connectivity index (χ0n) is 18.7. The Morgan fingerprint density at radius 1 is 0.906 bits per heavy atom. The lowest BCUT2D eigenvalue weighted by molar-refractivity contribution is 0.105. The van der Waals surface area contributed by atoms with Gasteiger partial charge in [0.25, 0.3) is 0 Å². The van der Waals surface area contributed by atoms with Gasteiger partial charge in [0, 0.05) is 25.6 Å². The standard InChI is InChI=1S/C28H32N2O2/c1-2-3-19-29-27(31)32-25-20-26(30-21-25)28(22-13-7-4-8-14-22,23-15-9-5-10-16-23)24-17-11-6-12-18-24/h4-18,25-26,30H,2-3,19-21H2,1H3,(H,29,31)/t25-,26?/m1/s1. The molecule has 3 aromatic rings. The van der Waals surface area contributed by atoms with Crippen molar-refractivity contribution in [1.82, 2.24) is 10.6 Å². The van der Waals surface area contributed by atoms with Gasteiger partial charge in [0.2, 0.25) is 0 Å². The first-order valence-electron chi connectivity index (χ1n) is 11.6. The van der Waals surface area contributed by atoms with Gasteiger partial charge in [-0.1, -0.05) is 104 Å². The van der Waals surface area contributed by atoms with Crippen LogP contribution in [0.3, 0.4) is 0 Å². The normalized spacial score (nSPS) is 18.3. The molecule has 0 bridgehead atoms. The average Bonchev–Trinajstić information content (AvgIpc) is 3.30. The molecule has 166 valence electrons. The van der Waals surface area contributed by atoms with Crippen LogP contribution in [0.5, 0.6) is 0 Å². The van der Waals surface area contributed by atoms with Crippen LogP contribution < -0.4 is 10.6 Å². The molecule has 4 rings (SSSR count). The van der Waals surface area contributed by atoms with E-state index >= 15 is 0 Å². The molecule has 0 saturated carbocycles. The van der Waals surface area contributed by atoms with Crippen LogP contribution >= 0.6 is 0 Å². The Bertz CT molecular complexity index is 879. The lowest BCUT2D eigenvalue weighted by Gasteiger charge is -2.41. The summed E-state index contributed by atoms with van der Waals surface area (Å²) in [4.78, 5) is 12.3. The van der Waals surface area contributed by atoms with Crippen molar-refractivity contribution in [2.75, 3.05) is 13.1 Å². The maximum atomic E-state index is 12.3. The molecule has 2 N–H and O–H groups in total. The third kappa shape index (κ3) is 4.56. The molecule has 1 saturated heterocycles. The van der Waals surface area contributed by atoms with Crippen LogP contribution in [0, 0.1) is 0 Å². The molecular weight excluding hydrogens is 396 g/mol. The Hall–Kier alpha value is -3.11. The van der Waals surface area contributed by atoms with Gasteiger partial charge in [-0.05, 0) is 23.1 Å². The smallest absolute Gasteiger partial charge is 0.407 e. The number of benzene rings is 3. The van der Waals surface area contributed by atoms with Gasteiger partial charge in [0.1, 0.15) is 6.10 Å². The SMILES string of the molecule is CCCCNC(=O)O[C@H]1CNC(C(c2ccccc2)(c2ccccc2)c2ccccc2)C1. The van der Waals surface area contributed by atoms with E-state index in [1.165, 1.54) is 16.7 Å². The number of carbonyl (C=O) groups excluding carboxylic acids is 1. The second-order valence-electron chi connectivity index (χ2n) is 8.41. The van der Waals surface area contributed by atoms with Gasteiger partial charge in [-0.2, -0.15) is 0 Å². The largest absolute Gasteiger partial charge is 0.445 e. The molecule has 0 spiro atoms. The Morgan fingerprint density at radius 3 is 1.88 bits per heavy atom. The number of rotatable bonds is 8. The zero-order chi connectivity index (χ0) is 22.2. The van der Waals surface area contributed by atoms with Crippen LogP contribution in [-0.2, 0) is 10.2 Å². The van der Waals surface area contributed by atoms with Crippen molar-refractivity contribution < 1.29 is 9.53 Å². The van der Waals surface area contributed by atoms with Crippen molar-refractivity contribution in [1.29, 1.82) is 0 Å². The van der Waals surface area contributed by atoms with E-state index in [2.05, 4.69) is 109 Å². The lowest BCUT2D eigenvalue weighted by Crippen LogP contribution is -2.47. The Labute approximate surface area is 191 Å². The first-order valence-corrected chi connectivity index (χ1v) is 11.6. The number of hydrogen-bond donors (Lipinski definition) is 2. The minimum absolute atomic E-state index is 0.0724. The van der Waals surface area contributed by atoms with Crippen LogP contribution in [0.25, 0.3) is 0 Å². The van der Waals surface area contributed by atoms with E-state index in [-0.39, 0.29) is 18.2 Å². The van der Waals surface area contributed by atoms with Crippen molar-refractivity contribution in [3.8, 4) is 0 Å². The summed E-state index contributed by atoms with van der Waals surface area (Å²) >= 11 is 0. The van der Waals surface area contributed by atoms with E-state index in [1.807, 2.05) is 0 Å². The lowest BCUT2D eigenvalue weighted by atomic mass is 9.64. The van der Waals surface area contributed by atoms with Gasteiger partial charge in [-0.25, -0.2) is 4.79 Å². The molecule has 1 heterocycles. The first-order chi connectivity index (χ1) is 15.7. The highest BCUT2D eigenvalue weighted by molar-refractivity contribution is 5.67. The summed E-state index contributed by atoms with van der Waals surface area (Å²) in [6, 6.07) is 32.0. The number of hydrogen-bond acceptors (Lipinski definition) is 3. The summed E-state index contributed by atoms with van der Waals surface area (Å²) in [5.41, 5.74) is 3.27. The van der Waals surface area contributed by atoms with E-state index in [0.717, 1.165) is 19.3 Å². The highest BCUT2D eigenvalue weighted by Crippen LogP contribution is 2.44. The molecule has 32 heavy (non-hydrogen) atoms. The van der Waals surface area contributed by atoms with Crippen molar-refractivity contribution in [2.24, 2.45) is 0 Å². The topological polar surface area (TPSA) is 50.4 Å². The molecule has 1 amide bonds. The summed E-state index contributed by atoms with van der Waals surface area (Å²) in [5, 5.41) is 6.58. The van der Waals surface area contributed by atoms with Crippen LogP contribution in [0.15, 0.2) is 91.0 Å². The van der Waals surface area contributed by atoms with Gasteiger partial charge in [-0.15, -0.1) is 0 Å². The van der Waals surface area contributed by atoms with Crippen LogP contribution in [0.1, 0.15) is 42.9 Å².